The second-order valence-corrected chi connectivity index (χ2v) is 9.17. The third-order valence-electron chi connectivity index (χ3n) is 6.59. The zero-order valence-electron chi connectivity index (χ0n) is 21.4. The zero-order chi connectivity index (χ0) is 26.6. The number of hydrogen-bond donors (Lipinski definition) is 2. The maximum Gasteiger partial charge on any atom is 0.224 e. The van der Waals surface area contributed by atoms with E-state index in [2.05, 4.69) is 31.2 Å². The van der Waals surface area contributed by atoms with Crippen LogP contribution in [0.1, 0.15) is 36.8 Å². The first-order valence-corrected chi connectivity index (χ1v) is 12.7. The fourth-order valence-corrected chi connectivity index (χ4v) is 5.06. The van der Waals surface area contributed by atoms with Crippen molar-refractivity contribution in [2.75, 3.05) is 24.4 Å². The first kappa shape index (κ1) is 25.3. The second-order valence-electron chi connectivity index (χ2n) is 8.78. The van der Waals surface area contributed by atoms with Crippen LogP contribution in [-0.4, -0.2) is 34.8 Å². The largest absolute Gasteiger partial charge is 0.497 e. The van der Waals surface area contributed by atoms with Crippen molar-refractivity contribution in [1.29, 1.82) is 0 Å². The van der Waals surface area contributed by atoms with Crippen LogP contribution >= 0.6 is 12.2 Å². The van der Waals surface area contributed by atoms with Gasteiger partial charge in [-0.05, 0) is 72.9 Å². The number of carbonyl (C=O) groups is 1. The number of amides is 1. The van der Waals surface area contributed by atoms with Crippen LogP contribution in [0.3, 0.4) is 0 Å². The number of rotatable bonds is 8. The van der Waals surface area contributed by atoms with Gasteiger partial charge in [-0.3, -0.25) is 9.78 Å². The maximum absolute atomic E-state index is 12.0. The van der Waals surface area contributed by atoms with Crippen molar-refractivity contribution in [2.45, 2.75) is 25.4 Å². The van der Waals surface area contributed by atoms with Gasteiger partial charge < -0.3 is 29.6 Å². The number of benzene rings is 2. The van der Waals surface area contributed by atoms with Gasteiger partial charge in [0.15, 0.2) is 5.11 Å². The minimum Gasteiger partial charge on any atom is -0.497 e. The Kier molecular flexibility index (Phi) is 7.28. The molecule has 0 bridgehead atoms. The Morgan fingerprint density at radius 3 is 2.50 bits per heavy atom. The van der Waals surface area contributed by atoms with Crippen molar-refractivity contribution >= 4 is 34.6 Å². The van der Waals surface area contributed by atoms with Gasteiger partial charge in [0.05, 0.1) is 31.6 Å². The smallest absolute Gasteiger partial charge is 0.224 e. The third-order valence-corrected chi connectivity index (χ3v) is 6.91. The van der Waals surface area contributed by atoms with E-state index < -0.39 is 0 Å². The van der Waals surface area contributed by atoms with Gasteiger partial charge in [-0.15, -0.1) is 0 Å². The molecule has 9 heteroatoms. The molecule has 1 fully saturated rings. The van der Waals surface area contributed by atoms with Crippen LogP contribution in [0.25, 0.3) is 5.69 Å². The van der Waals surface area contributed by atoms with Crippen molar-refractivity contribution in [2.24, 2.45) is 0 Å². The van der Waals surface area contributed by atoms with E-state index in [0.29, 0.717) is 23.0 Å². The normalized spacial score (nSPS) is 16.7. The van der Waals surface area contributed by atoms with Gasteiger partial charge in [0.1, 0.15) is 17.5 Å². The number of aromatic nitrogens is 2. The molecule has 38 heavy (non-hydrogen) atoms. The van der Waals surface area contributed by atoms with Crippen molar-refractivity contribution in [3.05, 3.63) is 96.6 Å². The molecule has 1 aliphatic rings. The Morgan fingerprint density at radius 2 is 1.82 bits per heavy atom. The molecule has 0 spiro atoms. The SMILES string of the molecule is CCC(=O)Nc1ccc(N2C(=S)N[C@@H](c3ccccn3)[C@H]2c2cccn2-c2ccc(OC)cc2)cc1OC. The summed E-state index contributed by atoms with van der Waals surface area (Å²) in [5, 5.41) is 6.97. The molecule has 5 rings (SSSR count). The molecular formula is C29H29N5O3S. The van der Waals surface area contributed by atoms with Crippen LogP contribution in [0.5, 0.6) is 11.5 Å². The van der Waals surface area contributed by atoms with E-state index >= 15 is 0 Å². The number of hydrogen-bond acceptors (Lipinski definition) is 5. The summed E-state index contributed by atoms with van der Waals surface area (Å²) in [4.78, 5) is 18.8. The topological polar surface area (TPSA) is 80.7 Å². The van der Waals surface area contributed by atoms with Gasteiger partial charge in [-0.2, -0.15) is 0 Å². The number of anilines is 2. The predicted molar refractivity (Wildman–Crippen MR) is 152 cm³/mol. The van der Waals surface area contributed by atoms with Crippen molar-refractivity contribution in [3.8, 4) is 17.2 Å². The van der Waals surface area contributed by atoms with Gasteiger partial charge in [-0.1, -0.05) is 13.0 Å². The van der Waals surface area contributed by atoms with E-state index in [1.54, 1.807) is 20.4 Å². The first-order chi connectivity index (χ1) is 18.5. The summed E-state index contributed by atoms with van der Waals surface area (Å²) in [6.07, 6.45) is 4.20. The Bertz CT molecular complexity index is 1440. The molecular weight excluding hydrogens is 498 g/mol. The molecule has 0 unspecified atom stereocenters. The average Bonchev–Trinajstić information content (AvgIpc) is 3.58. The minimum atomic E-state index is -0.227. The predicted octanol–water partition coefficient (Wildman–Crippen LogP) is 5.42. The second kappa shape index (κ2) is 10.9. The Hall–Kier alpha value is -4.37. The highest BCUT2D eigenvalue weighted by molar-refractivity contribution is 7.80. The molecule has 1 aliphatic heterocycles. The van der Waals surface area contributed by atoms with Crippen LogP contribution < -0.4 is 25.0 Å². The zero-order valence-corrected chi connectivity index (χ0v) is 22.2. The van der Waals surface area contributed by atoms with Crippen LogP contribution in [0.15, 0.2) is 85.2 Å². The van der Waals surface area contributed by atoms with E-state index in [4.69, 9.17) is 21.7 Å². The van der Waals surface area contributed by atoms with E-state index in [9.17, 15) is 4.79 Å². The van der Waals surface area contributed by atoms with E-state index in [-0.39, 0.29) is 18.0 Å². The third kappa shape index (κ3) is 4.80. The molecule has 1 saturated heterocycles. The molecule has 4 aromatic rings. The lowest BCUT2D eigenvalue weighted by atomic mass is 10.0. The van der Waals surface area contributed by atoms with Crippen LogP contribution in [-0.2, 0) is 4.79 Å². The standard InChI is InChI=1S/C29H29N5O3S/c1-4-26(35)31-22-15-12-20(18-25(22)37-3)34-28(27(32-29(34)38)23-8-5-6-16-30-23)24-9-7-17-33(24)19-10-13-21(36-2)14-11-19/h5-18,27-28H,4H2,1-3H3,(H,31,35)(H,32,38)/t27-,28+/m0/s1. The fourth-order valence-electron chi connectivity index (χ4n) is 4.72. The summed E-state index contributed by atoms with van der Waals surface area (Å²) in [5.41, 5.74) is 4.35. The average molecular weight is 528 g/mol. The maximum atomic E-state index is 12.0. The van der Waals surface area contributed by atoms with Crippen molar-refractivity contribution in [3.63, 3.8) is 0 Å². The summed E-state index contributed by atoms with van der Waals surface area (Å²) >= 11 is 5.90. The monoisotopic (exact) mass is 527 g/mol. The van der Waals surface area contributed by atoms with Crippen molar-refractivity contribution < 1.29 is 14.3 Å². The quantitative estimate of drug-likeness (QED) is 0.296. The molecule has 2 N–H and O–H groups in total. The summed E-state index contributed by atoms with van der Waals surface area (Å²) in [5.74, 6) is 1.26. The summed E-state index contributed by atoms with van der Waals surface area (Å²) < 4.78 is 13.1. The Labute approximate surface area is 227 Å². The highest BCUT2D eigenvalue weighted by Crippen LogP contribution is 2.44. The summed E-state index contributed by atoms with van der Waals surface area (Å²) in [7, 11) is 3.24. The van der Waals surface area contributed by atoms with E-state index in [0.717, 1.165) is 28.5 Å². The number of ether oxygens (including phenoxy) is 2. The molecule has 0 aliphatic carbocycles. The fraction of sp³-hybridized carbons (Fsp3) is 0.207. The highest BCUT2D eigenvalue weighted by Gasteiger charge is 2.42. The molecule has 2 aromatic carbocycles. The lowest BCUT2D eigenvalue weighted by molar-refractivity contribution is -0.115. The lowest BCUT2D eigenvalue weighted by Crippen LogP contribution is -2.30. The van der Waals surface area contributed by atoms with Crippen LogP contribution in [0, 0.1) is 0 Å². The van der Waals surface area contributed by atoms with E-state index in [1.165, 1.54) is 0 Å². The van der Waals surface area contributed by atoms with Gasteiger partial charge in [-0.25, -0.2) is 0 Å². The molecule has 0 radical (unpaired) electrons. The van der Waals surface area contributed by atoms with Crippen LogP contribution in [0.4, 0.5) is 11.4 Å². The molecule has 2 aromatic heterocycles. The summed E-state index contributed by atoms with van der Waals surface area (Å²) in [6.45, 7) is 1.81. The number of carbonyl (C=O) groups excluding carboxylic acids is 1. The van der Waals surface area contributed by atoms with Gasteiger partial charge in [0.25, 0.3) is 0 Å². The minimum absolute atomic E-state index is 0.0835. The van der Waals surface area contributed by atoms with E-state index in [1.807, 2.05) is 79.9 Å². The molecule has 194 valence electrons. The number of nitrogens with zero attached hydrogens (tertiary/aromatic N) is 3. The number of pyridine rings is 1. The van der Waals surface area contributed by atoms with Crippen molar-refractivity contribution in [1.82, 2.24) is 14.9 Å². The molecule has 2 atom stereocenters. The molecule has 0 saturated carbocycles. The number of thiocarbonyl (C=S) groups is 1. The Morgan fingerprint density at radius 1 is 1.03 bits per heavy atom. The van der Waals surface area contributed by atoms with Gasteiger partial charge >= 0.3 is 0 Å². The lowest BCUT2D eigenvalue weighted by Gasteiger charge is -2.29. The van der Waals surface area contributed by atoms with Crippen LogP contribution in [0.2, 0.25) is 0 Å². The molecule has 1 amide bonds. The summed E-state index contributed by atoms with van der Waals surface area (Å²) in [6, 6.07) is 23.2. The molecule has 3 heterocycles. The molecule has 8 nitrogen and oxygen atoms in total. The first-order valence-electron chi connectivity index (χ1n) is 12.3. The Balaban J connectivity index is 1.61. The van der Waals surface area contributed by atoms with Gasteiger partial charge in [0.2, 0.25) is 5.91 Å². The number of nitrogens with one attached hydrogen (secondary N) is 2. The van der Waals surface area contributed by atoms with Gasteiger partial charge in [0, 0.05) is 41.9 Å². The number of methoxy groups -OCH3 is 2. The highest BCUT2D eigenvalue weighted by atomic mass is 32.1.